The summed E-state index contributed by atoms with van der Waals surface area (Å²) in [5, 5.41) is 10.4. The Labute approximate surface area is 117 Å². The highest BCUT2D eigenvalue weighted by Gasteiger charge is 2.42. The average Bonchev–Trinajstić information content (AvgIpc) is 2.93. The van der Waals surface area contributed by atoms with E-state index >= 15 is 0 Å². The van der Waals surface area contributed by atoms with Gasteiger partial charge in [-0.1, -0.05) is 37.5 Å². The van der Waals surface area contributed by atoms with E-state index in [1.807, 2.05) is 6.08 Å². The van der Waals surface area contributed by atoms with Gasteiger partial charge < -0.3 is 5.11 Å². The van der Waals surface area contributed by atoms with Crippen molar-refractivity contribution in [1.29, 1.82) is 0 Å². The molecule has 0 amide bonds. The van der Waals surface area contributed by atoms with Crippen molar-refractivity contribution in [1.82, 2.24) is 0 Å². The van der Waals surface area contributed by atoms with Crippen molar-refractivity contribution < 1.29 is 5.11 Å². The largest absolute Gasteiger partial charge is 0.392 e. The molecule has 1 nitrogen and oxygen atoms in total. The fourth-order valence-electron chi connectivity index (χ4n) is 5.20. The number of aliphatic hydroxyl groups is 1. The quantitative estimate of drug-likeness (QED) is 0.749. The summed E-state index contributed by atoms with van der Waals surface area (Å²) in [6.07, 6.45) is 12.6. The maximum absolute atomic E-state index is 10.4. The summed E-state index contributed by atoms with van der Waals surface area (Å²) in [6.45, 7) is 7.99. The molecule has 106 valence electrons. The van der Waals surface area contributed by atoms with Gasteiger partial charge in [0.15, 0.2) is 0 Å². The molecule has 1 heteroatoms. The van der Waals surface area contributed by atoms with Crippen molar-refractivity contribution in [2.45, 2.75) is 57.5 Å². The molecule has 0 radical (unpaired) electrons. The summed E-state index contributed by atoms with van der Waals surface area (Å²) in [7, 11) is 0. The van der Waals surface area contributed by atoms with Crippen LogP contribution in [0, 0.1) is 29.6 Å². The molecule has 0 saturated heterocycles. The van der Waals surface area contributed by atoms with Gasteiger partial charge in [-0.25, -0.2) is 0 Å². The average molecular weight is 260 g/mol. The molecule has 19 heavy (non-hydrogen) atoms. The van der Waals surface area contributed by atoms with Gasteiger partial charge in [-0.3, -0.25) is 0 Å². The van der Waals surface area contributed by atoms with E-state index in [0.29, 0.717) is 5.92 Å². The summed E-state index contributed by atoms with van der Waals surface area (Å²) >= 11 is 0. The summed E-state index contributed by atoms with van der Waals surface area (Å²) in [6, 6.07) is 0. The molecule has 3 aliphatic rings. The van der Waals surface area contributed by atoms with Crippen LogP contribution >= 0.6 is 0 Å². The molecule has 0 aromatic carbocycles. The second kappa shape index (κ2) is 5.44. The molecule has 0 aromatic heterocycles. The van der Waals surface area contributed by atoms with Crippen LogP contribution in [-0.2, 0) is 0 Å². The van der Waals surface area contributed by atoms with Crippen molar-refractivity contribution in [2.24, 2.45) is 29.6 Å². The fourth-order valence-corrected chi connectivity index (χ4v) is 5.20. The molecule has 6 unspecified atom stereocenters. The standard InChI is InChI=1S/C18H28O/c1-3-16-12(2)10-15(18(16)19)11-14-9-8-13-6-4-5-7-17(13)14/h3,13-19H,1-2,4-11H2. The normalized spacial score (nSPS) is 46.3. The van der Waals surface area contributed by atoms with Crippen LogP contribution in [0.15, 0.2) is 24.8 Å². The van der Waals surface area contributed by atoms with E-state index in [1.54, 1.807) is 0 Å². The fraction of sp³-hybridized carbons (Fsp3) is 0.778. The molecule has 3 aliphatic carbocycles. The zero-order chi connectivity index (χ0) is 13.4. The molecule has 3 rings (SSSR count). The second-order valence-electron chi connectivity index (χ2n) is 7.16. The molecule has 3 fully saturated rings. The third kappa shape index (κ3) is 2.42. The van der Waals surface area contributed by atoms with Gasteiger partial charge in [0.25, 0.3) is 0 Å². The zero-order valence-electron chi connectivity index (χ0n) is 12.1. The summed E-state index contributed by atoms with van der Waals surface area (Å²) in [5.74, 6) is 3.45. The maximum Gasteiger partial charge on any atom is 0.0671 e. The number of hydrogen-bond acceptors (Lipinski definition) is 1. The minimum Gasteiger partial charge on any atom is -0.392 e. The SMILES string of the molecule is C=CC1C(=C)CC(CC2CCC3CCCCC32)C1O. The predicted octanol–water partition coefficient (Wildman–Crippen LogP) is 4.33. The molecule has 6 atom stereocenters. The van der Waals surface area contributed by atoms with Crippen LogP contribution in [0.3, 0.4) is 0 Å². The van der Waals surface area contributed by atoms with Gasteiger partial charge in [0.2, 0.25) is 0 Å². The van der Waals surface area contributed by atoms with Crippen LogP contribution in [0.4, 0.5) is 0 Å². The van der Waals surface area contributed by atoms with Crippen LogP contribution in [-0.4, -0.2) is 11.2 Å². The monoisotopic (exact) mass is 260 g/mol. The van der Waals surface area contributed by atoms with Crippen molar-refractivity contribution in [2.75, 3.05) is 0 Å². The molecule has 0 aliphatic heterocycles. The third-order valence-corrected chi connectivity index (χ3v) is 6.19. The number of hydrogen-bond donors (Lipinski definition) is 1. The lowest BCUT2D eigenvalue weighted by Crippen LogP contribution is -2.25. The van der Waals surface area contributed by atoms with Crippen molar-refractivity contribution in [3.63, 3.8) is 0 Å². The lowest BCUT2D eigenvalue weighted by Gasteiger charge is -2.31. The Kier molecular flexibility index (Phi) is 3.84. The van der Waals surface area contributed by atoms with Crippen molar-refractivity contribution in [3.8, 4) is 0 Å². The number of aliphatic hydroxyl groups excluding tert-OH is 1. The molecule has 0 spiro atoms. The molecule has 0 heterocycles. The number of fused-ring (bicyclic) bond motifs is 1. The number of rotatable bonds is 3. The summed E-state index contributed by atoms with van der Waals surface area (Å²) < 4.78 is 0. The Bertz CT molecular complexity index is 359. The van der Waals surface area contributed by atoms with Crippen molar-refractivity contribution in [3.05, 3.63) is 24.8 Å². The molecule has 0 aromatic rings. The second-order valence-corrected chi connectivity index (χ2v) is 7.16. The smallest absolute Gasteiger partial charge is 0.0671 e. The molecule has 0 bridgehead atoms. The van der Waals surface area contributed by atoms with Gasteiger partial charge in [0.05, 0.1) is 6.10 Å². The Balaban J connectivity index is 1.63. The van der Waals surface area contributed by atoms with Crippen LogP contribution in [0.25, 0.3) is 0 Å². The lowest BCUT2D eigenvalue weighted by molar-refractivity contribution is 0.0871. The first kappa shape index (κ1) is 13.4. The van der Waals surface area contributed by atoms with E-state index in [9.17, 15) is 5.11 Å². The summed E-state index contributed by atoms with van der Waals surface area (Å²) in [4.78, 5) is 0. The van der Waals surface area contributed by atoms with E-state index in [-0.39, 0.29) is 12.0 Å². The van der Waals surface area contributed by atoms with Gasteiger partial charge in [-0.05, 0) is 55.8 Å². The van der Waals surface area contributed by atoms with E-state index < -0.39 is 0 Å². The first-order chi connectivity index (χ1) is 9.20. The van der Waals surface area contributed by atoms with E-state index in [4.69, 9.17) is 0 Å². The topological polar surface area (TPSA) is 20.2 Å². The molecular formula is C18H28O. The Morgan fingerprint density at radius 2 is 1.89 bits per heavy atom. The lowest BCUT2D eigenvalue weighted by atomic mass is 9.75. The minimum atomic E-state index is -0.215. The molecular weight excluding hydrogens is 232 g/mol. The zero-order valence-corrected chi connectivity index (χ0v) is 12.1. The van der Waals surface area contributed by atoms with E-state index in [0.717, 1.165) is 24.2 Å². The third-order valence-electron chi connectivity index (χ3n) is 6.19. The molecule has 1 N–H and O–H groups in total. The van der Waals surface area contributed by atoms with Crippen LogP contribution in [0.5, 0.6) is 0 Å². The van der Waals surface area contributed by atoms with E-state index in [2.05, 4.69) is 13.2 Å². The first-order valence-corrected chi connectivity index (χ1v) is 8.19. The Hall–Kier alpha value is -0.560. The first-order valence-electron chi connectivity index (χ1n) is 8.19. The van der Waals surface area contributed by atoms with Gasteiger partial charge in [0.1, 0.15) is 0 Å². The van der Waals surface area contributed by atoms with Gasteiger partial charge >= 0.3 is 0 Å². The maximum atomic E-state index is 10.4. The summed E-state index contributed by atoms with van der Waals surface area (Å²) in [5.41, 5.74) is 1.20. The van der Waals surface area contributed by atoms with Gasteiger partial charge in [-0.2, -0.15) is 0 Å². The highest BCUT2D eigenvalue weighted by molar-refractivity contribution is 5.18. The van der Waals surface area contributed by atoms with Crippen molar-refractivity contribution >= 4 is 0 Å². The predicted molar refractivity (Wildman–Crippen MR) is 79.7 cm³/mol. The Morgan fingerprint density at radius 1 is 1.11 bits per heavy atom. The minimum absolute atomic E-state index is 0.147. The highest BCUT2D eigenvalue weighted by Crippen LogP contribution is 2.50. The highest BCUT2D eigenvalue weighted by atomic mass is 16.3. The van der Waals surface area contributed by atoms with E-state index in [1.165, 1.54) is 50.5 Å². The van der Waals surface area contributed by atoms with Crippen LogP contribution in [0.2, 0.25) is 0 Å². The van der Waals surface area contributed by atoms with Crippen LogP contribution < -0.4 is 0 Å². The Morgan fingerprint density at radius 3 is 2.63 bits per heavy atom. The van der Waals surface area contributed by atoms with Gasteiger partial charge in [0, 0.05) is 5.92 Å². The van der Waals surface area contributed by atoms with Crippen LogP contribution in [0.1, 0.15) is 51.4 Å². The molecule has 3 saturated carbocycles. The van der Waals surface area contributed by atoms with Gasteiger partial charge in [-0.15, -0.1) is 6.58 Å².